The molecule has 0 radical (unpaired) electrons. The normalized spacial score (nSPS) is 17.9. The Bertz CT molecular complexity index is 891. The number of likely N-dealkylation sites (N-methyl/N-ethyl adjacent to an activating group) is 1. The zero-order valence-electron chi connectivity index (χ0n) is 14.4. The van der Waals surface area contributed by atoms with Gasteiger partial charge in [-0.25, -0.2) is 4.98 Å². The third-order valence-electron chi connectivity index (χ3n) is 5.42. The molecule has 0 spiro atoms. The van der Waals surface area contributed by atoms with E-state index in [-0.39, 0.29) is 0 Å². The molecule has 3 aromatic rings. The van der Waals surface area contributed by atoms with Gasteiger partial charge in [-0.2, -0.15) is 4.52 Å². The van der Waals surface area contributed by atoms with E-state index >= 15 is 0 Å². The summed E-state index contributed by atoms with van der Waals surface area (Å²) in [5.41, 5.74) is 2.13. The minimum atomic E-state index is 0.549. The van der Waals surface area contributed by atoms with Crippen LogP contribution in [0.3, 0.4) is 0 Å². The molecule has 25 heavy (non-hydrogen) atoms. The first-order valence-corrected chi connectivity index (χ1v) is 8.93. The first-order valence-electron chi connectivity index (χ1n) is 8.93. The predicted molar refractivity (Wildman–Crippen MR) is 93.4 cm³/mol. The quantitative estimate of drug-likeness (QED) is 0.706. The molecule has 0 N–H and O–H groups in total. The first kappa shape index (κ1) is 14.8. The molecule has 8 heteroatoms. The zero-order chi connectivity index (χ0) is 16.8. The highest BCUT2D eigenvalue weighted by molar-refractivity contribution is 5.47. The Morgan fingerprint density at radius 2 is 2.16 bits per heavy atom. The van der Waals surface area contributed by atoms with E-state index in [1.807, 2.05) is 12.1 Å². The number of anilines is 1. The summed E-state index contributed by atoms with van der Waals surface area (Å²) in [7, 11) is 2.21. The van der Waals surface area contributed by atoms with E-state index in [2.05, 4.69) is 47.9 Å². The molecular formula is C17H22N8. The molecular weight excluding hydrogens is 316 g/mol. The largest absolute Gasteiger partial charge is 0.352 e. The average Bonchev–Trinajstić information content (AvgIpc) is 3.20. The molecule has 0 bridgehead atoms. The Hall–Kier alpha value is -2.48. The molecule has 1 saturated heterocycles. The Balaban J connectivity index is 1.23. The number of hydrogen-bond donors (Lipinski definition) is 0. The fourth-order valence-corrected chi connectivity index (χ4v) is 3.80. The molecule has 1 fully saturated rings. The van der Waals surface area contributed by atoms with Crippen LogP contribution in [0.1, 0.15) is 24.4 Å². The third kappa shape index (κ3) is 2.57. The molecule has 0 aromatic carbocycles. The van der Waals surface area contributed by atoms with Crippen molar-refractivity contribution >= 4 is 11.5 Å². The topological polar surface area (TPSA) is 67.4 Å². The summed E-state index contributed by atoms with van der Waals surface area (Å²) < 4.78 is 4.14. The molecule has 0 aliphatic carbocycles. The van der Waals surface area contributed by atoms with Crippen LogP contribution < -0.4 is 4.90 Å². The molecule has 3 aromatic heterocycles. The summed E-state index contributed by atoms with van der Waals surface area (Å²) in [6, 6.07) is 4.53. The summed E-state index contributed by atoms with van der Waals surface area (Å²) in [6.07, 6.45) is 7.38. The second-order valence-corrected chi connectivity index (χ2v) is 7.07. The van der Waals surface area contributed by atoms with E-state index in [0.717, 1.165) is 44.1 Å². The minimum Gasteiger partial charge on any atom is -0.352 e. The average molecular weight is 338 g/mol. The highest BCUT2D eigenvalue weighted by atomic mass is 15.4. The van der Waals surface area contributed by atoms with Crippen molar-refractivity contribution in [2.45, 2.75) is 38.4 Å². The summed E-state index contributed by atoms with van der Waals surface area (Å²) in [5.74, 6) is 2.25. The van der Waals surface area contributed by atoms with Gasteiger partial charge in [0.1, 0.15) is 18.0 Å². The van der Waals surface area contributed by atoms with Crippen molar-refractivity contribution in [3.63, 3.8) is 0 Å². The minimum absolute atomic E-state index is 0.549. The summed E-state index contributed by atoms with van der Waals surface area (Å²) in [6.45, 7) is 4.08. The van der Waals surface area contributed by atoms with Crippen molar-refractivity contribution < 1.29 is 0 Å². The summed E-state index contributed by atoms with van der Waals surface area (Å²) in [5, 5.41) is 12.4. The second-order valence-electron chi connectivity index (χ2n) is 7.07. The maximum Gasteiger partial charge on any atom is 0.177 e. The van der Waals surface area contributed by atoms with Crippen LogP contribution in [-0.2, 0) is 19.5 Å². The van der Waals surface area contributed by atoms with Crippen LogP contribution in [0.25, 0.3) is 5.65 Å². The van der Waals surface area contributed by atoms with Crippen LogP contribution in [-0.4, -0.2) is 60.4 Å². The Kier molecular flexibility index (Phi) is 3.44. The van der Waals surface area contributed by atoms with Gasteiger partial charge in [0.2, 0.25) is 0 Å². The van der Waals surface area contributed by atoms with Crippen LogP contribution in [0.4, 0.5) is 5.82 Å². The van der Waals surface area contributed by atoms with Gasteiger partial charge >= 0.3 is 0 Å². The molecule has 8 nitrogen and oxygen atoms in total. The lowest BCUT2D eigenvalue weighted by molar-refractivity contribution is 0.191. The fraction of sp³-hybridized carbons (Fsp3) is 0.529. The number of aryl methyl sites for hydroxylation is 1. The van der Waals surface area contributed by atoms with Gasteiger partial charge in [-0.05, 0) is 32.0 Å². The van der Waals surface area contributed by atoms with Gasteiger partial charge in [0.25, 0.3) is 0 Å². The number of imidazole rings is 1. The zero-order valence-corrected chi connectivity index (χ0v) is 14.4. The van der Waals surface area contributed by atoms with Gasteiger partial charge in [0.05, 0.1) is 5.69 Å². The SMILES string of the molecule is CN(Cc1cnc2n1CCCC2)C1CN(c2ccc3nncn3n2)C1. The standard InChI is InChI=1S/C17H22N8/c1-22(9-13-8-18-15-4-2-3-7-24(13)15)14-10-23(11-14)17-6-5-16-20-19-12-25(16)21-17/h5-6,8,12,14H,2-4,7,9-11H2,1H3. The first-order chi connectivity index (χ1) is 12.3. The molecule has 2 aliphatic rings. The fourth-order valence-electron chi connectivity index (χ4n) is 3.80. The van der Waals surface area contributed by atoms with Crippen LogP contribution in [0.2, 0.25) is 0 Å². The van der Waals surface area contributed by atoms with E-state index in [9.17, 15) is 0 Å². The van der Waals surface area contributed by atoms with E-state index in [1.54, 1.807) is 10.8 Å². The Morgan fingerprint density at radius 3 is 3.08 bits per heavy atom. The Morgan fingerprint density at radius 1 is 1.24 bits per heavy atom. The number of aromatic nitrogens is 6. The summed E-state index contributed by atoms with van der Waals surface area (Å²) >= 11 is 0. The lowest BCUT2D eigenvalue weighted by Crippen LogP contribution is -2.58. The third-order valence-corrected chi connectivity index (χ3v) is 5.42. The molecule has 0 saturated carbocycles. The maximum absolute atomic E-state index is 4.60. The van der Waals surface area contributed by atoms with Crippen molar-refractivity contribution in [1.29, 1.82) is 0 Å². The molecule has 5 rings (SSSR count). The van der Waals surface area contributed by atoms with Crippen molar-refractivity contribution in [2.24, 2.45) is 0 Å². The van der Waals surface area contributed by atoms with Gasteiger partial charge in [-0.3, -0.25) is 4.90 Å². The van der Waals surface area contributed by atoms with Crippen LogP contribution >= 0.6 is 0 Å². The van der Waals surface area contributed by atoms with Crippen molar-refractivity contribution in [3.05, 3.63) is 36.2 Å². The van der Waals surface area contributed by atoms with Crippen LogP contribution in [0.5, 0.6) is 0 Å². The van der Waals surface area contributed by atoms with Crippen LogP contribution in [0.15, 0.2) is 24.7 Å². The lowest BCUT2D eigenvalue weighted by Gasteiger charge is -2.44. The molecule has 130 valence electrons. The molecule has 0 amide bonds. The van der Waals surface area contributed by atoms with E-state index in [4.69, 9.17) is 0 Å². The lowest BCUT2D eigenvalue weighted by atomic mass is 10.1. The second kappa shape index (κ2) is 5.80. The van der Waals surface area contributed by atoms with Gasteiger partial charge < -0.3 is 9.47 Å². The van der Waals surface area contributed by atoms with Gasteiger partial charge in [-0.15, -0.1) is 15.3 Å². The molecule has 5 heterocycles. The number of fused-ring (bicyclic) bond motifs is 2. The van der Waals surface area contributed by atoms with Crippen molar-refractivity contribution in [3.8, 4) is 0 Å². The highest BCUT2D eigenvalue weighted by Crippen LogP contribution is 2.23. The van der Waals surface area contributed by atoms with Gasteiger partial charge in [0.15, 0.2) is 5.65 Å². The van der Waals surface area contributed by atoms with Gasteiger partial charge in [-0.1, -0.05) is 0 Å². The van der Waals surface area contributed by atoms with E-state index < -0.39 is 0 Å². The number of hydrogen-bond acceptors (Lipinski definition) is 6. The number of nitrogens with zero attached hydrogens (tertiary/aromatic N) is 8. The molecule has 0 atom stereocenters. The summed E-state index contributed by atoms with van der Waals surface area (Å²) in [4.78, 5) is 9.34. The van der Waals surface area contributed by atoms with Crippen molar-refractivity contribution in [2.75, 3.05) is 25.0 Å². The van der Waals surface area contributed by atoms with Gasteiger partial charge in [0, 0.05) is 44.8 Å². The predicted octanol–water partition coefficient (Wildman–Crippen LogP) is 0.978. The number of rotatable bonds is 4. The van der Waals surface area contributed by atoms with E-state index in [0.29, 0.717) is 6.04 Å². The monoisotopic (exact) mass is 338 g/mol. The highest BCUT2D eigenvalue weighted by Gasteiger charge is 2.31. The maximum atomic E-state index is 4.60. The smallest absolute Gasteiger partial charge is 0.177 e. The van der Waals surface area contributed by atoms with Crippen LogP contribution in [0, 0.1) is 0 Å². The Labute approximate surface area is 146 Å². The van der Waals surface area contributed by atoms with E-state index in [1.165, 1.54) is 24.4 Å². The molecule has 0 unspecified atom stereocenters. The molecule has 2 aliphatic heterocycles. The van der Waals surface area contributed by atoms with Crippen molar-refractivity contribution in [1.82, 2.24) is 34.3 Å².